The van der Waals surface area contributed by atoms with E-state index in [1.54, 1.807) is 0 Å². The lowest BCUT2D eigenvalue weighted by molar-refractivity contribution is -0.385. The van der Waals surface area contributed by atoms with E-state index in [1.165, 1.54) is 52.5 Å². The van der Waals surface area contributed by atoms with Crippen molar-refractivity contribution in [2.45, 2.75) is 11.8 Å². The smallest absolute Gasteiger partial charge is 0.340 e. The fraction of sp³-hybridized carbons (Fsp3) is 0.278. The fourth-order valence-electron chi connectivity index (χ4n) is 2.64. The summed E-state index contributed by atoms with van der Waals surface area (Å²) in [5.74, 6) is -0.404. The normalized spacial score (nSPS) is 10.9. The van der Waals surface area contributed by atoms with Crippen LogP contribution in [0.2, 0.25) is 0 Å². The average molecular weight is 424 g/mol. The van der Waals surface area contributed by atoms with Crippen molar-refractivity contribution in [2.24, 2.45) is 0 Å². The molecule has 0 saturated carbocycles. The van der Waals surface area contributed by atoms with Crippen LogP contribution in [0, 0.1) is 17.0 Å². The molecule has 2 aromatic rings. The minimum atomic E-state index is -4.25. The molecule has 0 aromatic heterocycles. The van der Waals surface area contributed by atoms with Crippen LogP contribution in [0.4, 0.5) is 11.4 Å². The Morgan fingerprint density at radius 1 is 1.07 bits per heavy atom. The monoisotopic (exact) mass is 424 g/mol. The molecular formula is C18H20N2O8S. The molecule has 0 fully saturated rings. The summed E-state index contributed by atoms with van der Waals surface area (Å²) < 4.78 is 42.1. The first-order chi connectivity index (χ1) is 13.6. The van der Waals surface area contributed by atoms with Gasteiger partial charge in [0.1, 0.15) is 0 Å². The molecule has 11 heteroatoms. The van der Waals surface area contributed by atoms with Crippen molar-refractivity contribution in [1.82, 2.24) is 0 Å². The first-order valence-electron chi connectivity index (χ1n) is 8.16. The van der Waals surface area contributed by atoms with Gasteiger partial charge in [-0.25, -0.2) is 13.2 Å². The van der Waals surface area contributed by atoms with E-state index >= 15 is 0 Å². The molecule has 0 bridgehead atoms. The molecule has 29 heavy (non-hydrogen) atoms. The molecular weight excluding hydrogens is 404 g/mol. The van der Waals surface area contributed by atoms with Gasteiger partial charge in [0.2, 0.25) is 0 Å². The molecule has 0 spiro atoms. The van der Waals surface area contributed by atoms with Crippen LogP contribution in [0.1, 0.15) is 15.9 Å². The van der Waals surface area contributed by atoms with Crippen LogP contribution in [0.5, 0.6) is 11.5 Å². The summed E-state index contributed by atoms with van der Waals surface area (Å²) in [5.41, 5.74) is -0.145. The van der Waals surface area contributed by atoms with Gasteiger partial charge in [0.05, 0.1) is 42.4 Å². The largest absolute Gasteiger partial charge is 0.493 e. The van der Waals surface area contributed by atoms with Crippen molar-refractivity contribution >= 4 is 27.4 Å². The highest BCUT2D eigenvalue weighted by Gasteiger charge is 2.29. The molecule has 0 aliphatic carbocycles. The minimum Gasteiger partial charge on any atom is -0.493 e. The lowest BCUT2D eigenvalue weighted by Gasteiger charge is -2.23. The third kappa shape index (κ3) is 4.09. The van der Waals surface area contributed by atoms with E-state index < -0.39 is 20.9 Å². The lowest BCUT2D eigenvalue weighted by Crippen LogP contribution is -2.28. The summed E-state index contributed by atoms with van der Waals surface area (Å²) in [6, 6.07) is 6.18. The highest BCUT2D eigenvalue weighted by molar-refractivity contribution is 7.92. The molecule has 0 N–H and O–H groups in total. The molecule has 0 heterocycles. The second kappa shape index (κ2) is 8.35. The SMILES string of the molecule is COC(=O)c1cc(OC)c(OC)cc1N(C)S(=O)(=O)c1ccc(C)c([N+](=O)[O-])c1. The van der Waals surface area contributed by atoms with Crippen LogP contribution in [0.25, 0.3) is 0 Å². The Morgan fingerprint density at radius 2 is 1.66 bits per heavy atom. The van der Waals surface area contributed by atoms with E-state index in [2.05, 4.69) is 0 Å². The van der Waals surface area contributed by atoms with E-state index in [1.807, 2.05) is 0 Å². The molecule has 2 aromatic carbocycles. The number of nitro groups is 1. The maximum atomic E-state index is 13.1. The molecule has 0 radical (unpaired) electrons. The Kier molecular flexibility index (Phi) is 6.32. The van der Waals surface area contributed by atoms with E-state index in [9.17, 15) is 23.3 Å². The van der Waals surface area contributed by atoms with E-state index in [0.29, 0.717) is 5.56 Å². The number of methoxy groups -OCH3 is 3. The first-order valence-corrected chi connectivity index (χ1v) is 9.60. The summed E-state index contributed by atoms with van der Waals surface area (Å²) in [7, 11) is 0.846. The van der Waals surface area contributed by atoms with Crippen molar-refractivity contribution in [1.29, 1.82) is 0 Å². The first kappa shape index (κ1) is 22.0. The number of carbonyl (C=O) groups excluding carboxylic acids is 1. The number of hydrogen-bond donors (Lipinski definition) is 0. The van der Waals surface area contributed by atoms with Crippen molar-refractivity contribution in [3.05, 3.63) is 51.6 Å². The van der Waals surface area contributed by atoms with E-state index in [0.717, 1.165) is 17.5 Å². The zero-order chi connectivity index (χ0) is 21.9. The molecule has 156 valence electrons. The minimum absolute atomic E-state index is 0.0438. The van der Waals surface area contributed by atoms with Crippen LogP contribution in [0.3, 0.4) is 0 Å². The summed E-state index contributed by atoms with van der Waals surface area (Å²) in [4.78, 5) is 22.4. The number of carbonyl (C=O) groups is 1. The second-order valence-corrected chi connectivity index (χ2v) is 7.86. The summed E-state index contributed by atoms with van der Waals surface area (Å²) in [6.45, 7) is 1.50. The van der Waals surface area contributed by atoms with Crippen LogP contribution in [0.15, 0.2) is 35.2 Å². The van der Waals surface area contributed by atoms with Gasteiger partial charge >= 0.3 is 5.97 Å². The van der Waals surface area contributed by atoms with Crippen molar-refractivity contribution in [3.63, 3.8) is 0 Å². The maximum Gasteiger partial charge on any atom is 0.340 e. The van der Waals surface area contributed by atoms with Gasteiger partial charge in [-0.3, -0.25) is 14.4 Å². The van der Waals surface area contributed by atoms with Gasteiger partial charge in [-0.1, -0.05) is 6.07 Å². The van der Waals surface area contributed by atoms with E-state index in [-0.39, 0.29) is 33.3 Å². The number of rotatable bonds is 7. The number of ether oxygens (including phenoxy) is 3. The Labute approximate surface area is 167 Å². The average Bonchev–Trinajstić information content (AvgIpc) is 2.71. The van der Waals surface area contributed by atoms with E-state index in [4.69, 9.17) is 14.2 Å². The zero-order valence-electron chi connectivity index (χ0n) is 16.5. The third-order valence-corrected chi connectivity index (χ3v) is 6.05. The van der Waals surface area contributed by atoms with Crippen LogP contribution < -0.4 is 13.8 Å². The number of anilines is 1. The Bertz CT molecular complexity index is 1070. The van der Waals surface area contributed by atoms with Crippen molar-refractivity contribution in [2.75, 3.05) is 32.7 Å². The van der Waals surface area contributed by atoms with Gasteiger partial charge < -0.3 is 14.2 Å². The molecule has 2 rings (SSSR count). The summed E-state index contributed by atoms with van der Waals surface area (Å²) in [5, 5.41) is 11.2. The number of aryl methyl sites for hydroxylation is 1. The number of sulfonamides is 1. The number of esters is 1. The third-order valence-electron chi connectivity index (χ3n) is 4.28. The predicted octanol–water partition coefficient (Wildman–Crippen LogP) is 2.53. The quantitative estimate of drug-likeness (QED) is 0.377. The summed E-state index contributed by atoms with van der Waals surface area (Å²) >= 11 is 0. The Morgan fingerprint density at radius 3 is 2.17 bits per heavy atom. The van der Waals surface area contributed by atoms with Crippen LogP contribution in [-0.2, 0) is 14.8 Å². The van der Waals surface area contributed by atoms with Crippen LogP contribution in [-0.4, -0.2) is 47.7 Å². The number of hydrogen-bond acceptors (Lipinski definition) is 8. The van der Waals surface area contributed by atoms with Gasteiger partial charge in [0.25, 0.3) is 15.7 Å². The van der Waals surface area contributed by atoms with Gasteiger partial charge in [0.15, 0.2) is 11.5 Å². The molecule has 0 atom stereocenters. The maximum absolute atomic E-state index is 13.1. The van der Waals surface area contributed by atoms with Crippen molar-refractivity contribution in [3.8, 4) is 11.5 Å². The molecule has 0 aliphatic rings. The molecule has 0 unspecified atom stereocenters. The Hall–Kier alpha value is -3.34. The molecule has 0 aliphatic heterocycles. The molecule has 0 amide bonds. The zero-order valence-corrected chi connectivity index (χ0v) is 17.3. The summed E-state index contributed by atoms with van der Waals surface area (Å²) in [6.07, 6.45) is 0. The number of nitro benzene ring substituents is 1. The van der Waals surface area contributed by atoms with Crippen LogP contribution >= 0.6 is 0 Å². The molecule has 10 nitrogen and oxygen atoms in total. The highest BCUT2D eigenvalue weighted by Crippen LogP contribution is 2.37. The fourth-order valence-corrected chi connectivity index (χ4v) is 3.86. The predicted molar refractivity (Wildman–Crippen MR) is 104 cm³/mol. The highest BCUT2D eigenvalue weighted by atomic mass is 32.2. The van der Waals surface area contributed by atoms with Crippen molar-refractivity contribution < 1.29 is 32.3 Å². The topological polar surface area (TPSA) is 125 Å². The number of benzene rings is 2. The van der Waals surface area contributed by atoms with Gasteiger partial charge in [-0.15, -0.1) is 0 Å². The van der Waals surface area contributed by atoms with Gasteiger partial charge in [0, 0.05) is 30.8 Å². The van der Waals surface area contributed by atoms with Gasteiger partial charge in [-0.05, 0) is 13.0 Å². The van der Waals surface area contributed by atoms with Gasteiger partial charge in [-0.2, -0.15) is 0 Å². The Balaban J connectivity index is 2.69. The standard InChI is InChI=1S/C18H20N2O8S/c1-11-6-7-12(8-14(11)20(22)23)29(24,25)19(2)15-10-17(27-4)16(26-3)9-13(15)18(21)28-5/h6-10H,1-5H3. The lowest BCUT2D eigenvalue weighted by atomic mass is 10.1. The molecule has 0 saturated heterocycles. The second-order valence-electron chi connectivity index (χ2n) is 5.89. The number of nitrogens with zero attached hydrogens (tertiary/aromatic N) is 2.